The van der Waals surface area contributed by atoms with Crippen molar-refractivity contribution in [3.05, 3.63) is 58.1 Å². The summed E-state index contributed by atoms with van der Waals surface area (Å²) >= 11 is 11.1. The first-order valence-corrected chi connectivity index (χ1v) is 8.14. The molecule has 19 heavy (non-hydrogen) atoms. The molecule has 1 nitrogen and oxygen atoms in total. The second kappa shape index (κ2) is 7.22. The summed E-state index contributed by atoms with van der Waals surface area (Å²) in [6.07, 6.45) is 0. The molecule has 0 saturated heterocycles. The number of rotatable bonds is 5. The normalized spacial score (nSPS) is 10.5. The molecule has 0 amide bonds. The molecule has 0 radical (unpaired) electrons. The number of hydrogen-bond donors (Lipinski definition) is 0. The average molecular weight is 358 g/mol. The Morgan fingerprint density at radius 3 is 2.53 bits per heavy atom. The van der Waals surface area contributed by atoms with E-state index in [4.69, 9.17) is 16.3 Å². The molecular formula is C15H14BrClOS. The fourth-order valence-electron chi connectivity index (χ4n) is 1.70. The monoisotopic (exact) mass is 356 g/mol. The van der Waals surface area contributed by atoms with E-state index in [1.54, 1.807) is 18.9 Å². The van der Waals surface area contributed by atoms with Crippen LogP contribution in [0.4, 0.5) is 0 Å². The number of alkyl halides is 1. The highest BCUT2D eigenvalue weighted by Crippen LogP contribution is 2.30. The maximum Gasteiger partial charge on any atom is 0.122 e. The van der Waals surface area contributed by atoms with E-state index in [0.717, 1.165) is 21.5 Å². The molecule has 0 heterocycles. The first kappa shape index (κ1) is 14.8. The van der Waals surface area contributed by atoms with Crippen LogP contribution < -0.4 is 4.74 Å². The molecular weight excluding hydrogens is 344 g/mol. The molecule has 2 aromatic carbocycles. The molecule has 4 heteroatoms. The van der Waals surface area contributed by atoms with E-state index >= 15 is 0 Å². The van der Waals surface area contributed by atoms with Gasteiger partial charge in [0.15, 0.2) is 0 Å². The van der Waals surface area contributed by atoms with Crippen molar-refractivity contribution in [1.82, 2.24) is 0 Å². The standard InChI is InChI=1S/C15H14BrClOS/c1-18-15-7-4-13(16)8-12(15)10-19-14-5-2-11(9-17)3-6-14/h2-8H,9-10H2,1H3. The van der Waals surface area contributed by atoms with Crippen molar-refractivity contribution in [2.24, 2.45) is 0 Å². The Morgan fingerprint density at radius 1 is 1.16 bits per heavy atom. The van der Waals surface area contributed by atoms with Gasteiger partial charge in [-0.25, -0.2) is 0 Å². The third kappa shape index (κ3) is 4.16. The Hall–Kier alpha value is -0.640. The fraction of sp³-hybridized carbons (Fsp3) is 0.200. The summed E-state index contributed by atoms with van der Waals surface area (Å²) in [5, 5.41) is 0. The number of methoxy groups -OCH3 is 1. The van der Waals surface area contributed by atoms with E-state index in [2.05, 4.69) is 46.3 Å². The summed E-state index contributed by atoms with van der Waals surface area (Å²) in [6, 6.07) is 14.4. The molecule has 0 atom stereocenters. The minimum atomic E-state index is 0.560. The van der Waals surface area contributed by atoms with Crippen LogP contribution in [0.3, 0.4) is 0 Å². The zero-order valence-electron chi connectivity index (χ0n) is 10.5. The quantitative estimate of drug-likeness (QED) is 0.517. The van der Waals surface area contributed by atoms with E-state index in [1.807, 2.05) is 12.1 Å². The third-order valence-electron chi connectivity index (χ3n) is 2.71. The zero-order valence-corrected chi connectivity index (χ0v) is 13.7. The topological polar surface area (TPSA) is 9.23 Å². The minimum Gasteiger partial charge on any atom is -0.496 e. The van der Waals surface area contributed by atoms with Gasteiger partial charge in [0.1, 0.15) is 5.75 Å². The highest BCUT2D eigenvalue weighted by Gasteiger charge is 2.04. The van der Waals surface area contributed by atoms with Crippen LogP contribution in [0.25, 0.3) is 0 Å². The molecule has 0 aliphatic heterocycles. The second-order valence-corrected chi connectivity index (χ2v) is 6.25. The lowest BCUT2D eigenvalue weighted by Gasteiger charge is -2.09. The summed E-state index contributed by atoms with van der Waals surface area (Å²) in [7, 11) is 1.70. The van der Waals surface area contributed by atoms with Crippen LogP contribution in [-0.2, 0) is 11.6 Å². The molecule has 100 valence electrons. The molecule has 0 unspecified atom stereocenters. The molecule has 0 aliphatic carbocycles. The summed E-state index contributed by atoms with van der Waals surface area (Å²) < 4.78 is 6.44. The van der Waals surface area contributed by atoms with E-state index in [0.29, 0.717) is 5.88 Å². The molecule has 0 N–H and O–H groups in total. The first-order valence-electron chi connectivity index (χ1n) is 5.83. The highest BCUT2D eigenvalue weighted by molar-refractivity contribution is 9.10. The number of hydrogen-bond acceptors (Lipinski definition) is 2. The van der Waals surface area contributed by atoms with E-state index in [-0.39, 0.29) is 0 Å². The SMILES string of the molecule is COc1ccc(Br)cc1CSc1ccc(CCl)cc1. The smallest absolute Gasteiger partial charge is 0.122 e. The van der Waals surface area contributed by atoms with Gasteiger partial charge in [0.05, 0.1) is 7.11 Å². The van der Waals surface area contributed by atoms with Gasteiger partial charge in [0.25, 0.3) is 0 Å². The predicted octanol–water partition coefficient (Wildman–Crippen LogP) is 5.49. The Labute approximate surface area is 131 Å². The van der Waals surface area contributed by atoms with Gasteiger partial charge in [0.2, 0.25) is 0 Å². The van der Waals surface area contributed by atoms with E-state index < -0.39 is 0 Å². The van der Waals surface area contributed by atoms with Crippen LogP contribution in [0.15, 0.2) is 51.8 Å². The summed E-state index contributed by atoms with van der Waals surface area (Å²) in [5.74, 6) is 2.36. The molecule has 0 saturated carbocycles. The van der Waals surface area contributed by atoms with Crippen molar-refractivity contribution in [2.45, 2.75) is 16.5 Å². The van der Waals surface area contributed by atoms with Crippen LogP contribution in [-0.4, -0.2) is 7.11 Å². The lowest BCUT2D eigenvalue weighted by atomic mass is 10.2. The van der Waals surface area contributed by atoms with Crippen molar-refractivity contribution < 1.29 is 4.74 Å². The first-order chi connectivity index (χ1) is 9.22. The van der Waals surface area contributed by atoms with Gasteiger partial charge in [-0.1, -0.05) is 28.1 Å². The van der Waals surface area contributed by atoms with Gasteiger partial charge in [-0.15, -0.1) is 23.4 Å². The molecule has 0 fully saturated rings. The molecule has 2 aromatic rings. The maximum absolute atomic E-state index is 5.78. The second-order valence-electron chi connectivity index (χ2n) is 4.02. The Kier molecular flexibility index (Phi) is 5.61. The van der Waals surface area contributed by atoms with Crippen molar-refractivity contribution in [1.29, 1.82) is 0 Å². The third-order valence-corrected chi connectivity index (χ3v) is 4.58. The lowest BCUT2D eigenvalue weighted by Crippen LogP contribution is -1.90. The maximum atomic E-state index is 5.78. The Balaban J connectivity index is 2.07. The van der Waals surface area contributed by atoms with Gasteiger partial charge in [-0.3, -0.25) is 0 Å². The van der Waals surface area contributed by atoms with Crippen molar-refractivity contribution in [2.75, 3.05) is 7.11 Å². The Bertz CT molecular complexity index is 542. The van der Waals surface area contributed by atoms with Crippen LogP contribution in [0.2, 0.25) is 0 Å². The van der Waals surface area contributed by atoms with Crippen LogP contribution in [0.1, 0.15) is 11.1 Å². The summed E-state index contributed by atoms with van der Waals surface area (Å²) in [6.45, 7) is 0. The zero-order chi connectivity index (χ0) is 13.7. The van der Waals surface area contributed by atoms with Crippen LogP contribution in [0.5, 0.6) is 5.75 Å². The van der Waals surface area contributed by atoms with E-state index in [9.17, 15) is 0 Å². The van der Waals surface area contributed by atoms with Crippen molar-refractivity contribution in [3.63, 3.8) is 0 Å². The van der Waals surface area contributed by atoms with Gasteiger partial charge in [0, 0.05) is 26.6 Å². The predicted molar refractivity (Wildman–Crippen MR) is 86.3 cm³/mol. The number of thioether (sulfide) groups is 1. The van der Waals surface area contributed by atoms with Gasteiger partial charge < -0.3 is 4.74 Å². The number of halogens is 2. The molecule has 0 aromatic heterocycles. The number of ether oxygens (including phenoxy) is 1. The molecule has 0 bridgehead atoms. The average Bonchev–Trinajstić information content (AvgIpc) is 2.46. The van der Waals surface area contributed by atoms with Crippen LogP contribution in [0, 0.1) is 0 Å². The van der Waals surface area contributed by atoms with E-state index in [1.165, 1.54) is 10.5 Å². The minimum absolute atomic E-state index is 0.560. The molecule has 0 aliphatic rings. The van der Waals surface area contributed by atoms with Gasteiger partial charge in [-0.2, -0.15) is 0 Å². The van der Waals surface area contributed by atoms with Gasteiger partial charge in [-0.05, 0) is 35.9 Å². The number of benzene rings is 2. The van der Waals surface area contributed by atoms with Gasteiger partial charge >= 0.3 is 0 Å². The molecule has 2 rings (SSSR count). The van der Waals surface area contributed by atoms with Crippen molar-refractivity contribution >= 4 is 39.3 Å². The Morgan fingerprint density at radius 2 is 1.89 bits per heavy atom. The fourth-order valence-corrected chi connectivity index (χ4v) is 3.16. The largest absolute Gasteiger partial charge is 0.496 e. The summed E-state index contributed by atoms with van der Waals surface area (Å²) in [5.41, 5.74) is 2.33. The molecule has 0 spiro atoms. The summed E-state index contributed by atoms with van der Waals surface area (Å²) in [4.78, 5) is 1.23. The van der Waals surface area contributed by atoms with Crippen molar-refractivity contribution in [3.8, 4) is 5.75 Å². The highest BCUT2D eigenvalue weighted by atomic mass is 79.9. The lowest BCUT2D eigenvalue weighted by molar-refractivity contribution is 0.411. The van der Waals surface area contributed by atoms with Crippen LogP contribution >= 0.6 is 39.3 Å².